The van der Waals surface area contributed by atoms with Crippen molar-refractivity contribution < 1.29 is 9.90 Å². The maximum atomic E-state index is 12.8. The average Bonchev–Trinajstić information content (AvgIpc) is 3.28. The Bertz CT molecular complexity index is 922. The van der Waals surface area contributed by atoms with Gasteiger partial charge in [0, 0.05) is 18.3 Å². The van der Waals surface area contributed by atoms with E-state index in [1.807, 2.05) is 30.3 Å². The number of aromatic nitrogens is 3. The number of likely N-dealkylation sites (tertiary alicyclic amines) is 1. The summed E-state index contributed by atoms with van der Waals surface area (Å²) in [5.41, 5.74) is 8.38. The fraction of sp³-hybridized carbons (Fsp3) is 0.278. The van der Waals surface area contributed by atoms with Crippen molar-refractivity contribution in [2.24, 2.45) is 0 Å². The van der Waals surface area contributed by atoms with Gasteiger partial charge in [0.2, 0.25) is 0 Å². The fourth-order valence-corrected chi connectivity index (χ4v) is 3.30. The minimum Gasteiger partial charge on any atom is -0.396 e. The Morgan fingerprint density at radius 1 is 1.32 bits per heavy atom. The van der Waals surface area contributed by atoms with Gasteiger partial charge in [-0.15, -0.1) is 5.10 Å². The quantitative estimate of drug-likeness (QED) is 0.756. The number of hydrogen-bond donors (Lipinski definition) is 2. The molecule has 1 aromatic carbocycles. The van der Waals surface area contributed by atoms with Crippen LogP contribution in [0.3, 0.4) is 0 Å². The lowest BCUT2D eigenvalue weighted by molar-refractivity contribution is 0.0677. The van der Waals surface area contributed by atoms with Gasteiger partial charge in [-0.3, -0.25) is 4.79 Å². The highest BCUT2D eigenvalue weighted by Crippen LogP contribution is 2.23. The minimum absolute atomic E-state index is 0.0229. The first-order chi connectivity index (χ1) is 12.2. The number of hydrogen-bond acceptors (Lipinski definition) is 5. The first-order valence-electron chi connectivity index (χ1n) is 8.30. The number of amides is 1. The van der Waals surface area contributed by atoms with Crippen molar-refractivity contribution in [3.05, 3.63) is 48.2 Å². The van der Waals surface area contributed by atoms with Crippen LogP contribution >= 0.6 is 0 Å². The van der Waals surface area contributed by atoms with E-state index in [0.717, 1.165) is 18.4 Å². The number of pyridine rings is 1. The Kier molecular flexibility index (Phi) is 3.85. The van der Waals surface area contributed by atoms with E-state index in [2.05, 4.69) is 10.1 Å². The highest BCUT2D eigenvalue weighted by molar-refractivity contribution is 5.96. The molecule has 0 spiro atoms. The van der Waals surface area contributed by atoms with Gasteiger partial charge in [-0.2, -0.15) is 0 Å². The molecule has 0 radical (unpaired) electrons. The zero-order chi connectivity index (χ0) is 17.4. The number of aliphatic hydroxyl groups excluding tert-OH is 1. The third-order valence-corrected chi connectivity index (χ3v) is 4.59. The van der Waals surface area contributed by atoms with Crippen LogP contribution in [0.5, 0.6) is 0 Å². The molecule has 1 aliphatic rings. The van der Waals surface area contributed by atoms with E-state index in [-0.39, 0.29) is 18.6 Å². The smallest absolute Gasteiger partial charge is 0.255 e. The number of nitrogen functional groups attached to an aromatic ring is 1. The van der Waals surface area contributed by atoms with E-state index in [4.69, 9.17) is 5.73 Å². The topological polar surface area (TPSA) is 96.8 Å². The molecule has 1 fully saturated rings. The second kappa shape index (κ2) is 6.18. The molecule has 25 heavy (non-hydrogen) atoms. The molecule has 7 heteroatoms. The lowest BCUT2D eigenvalue weighted by atomic mass is 10.2. The number of aliphatic hydroxyl groups is 1. The van der Waals surface area contributed by atoms with Crippen LogP contribution in [0.15, 0.2) is 42.6 Å². The van der Waals surface area contributed by atoms with Crippen molar-refractivity contribution in [1.29, 1.82) is 0 Å². The molecule has 128 valence electrons. The molecular weight excluding hydrogens is 318 g/mol. The van der Waals surface area contributed by atoms with Crippen LogP contribution in [-0.2, 0) is 0 Å². The number of nitrogens with two attached hydrogens (primary N) is 1. The molecule has 3 N–H and O–H groups in total. The van der Waals surface area contributed by atoms with Gasteiger partial charge in [-0.05, 0) is 18.9 Å². The van der Waals surface area contributed by atoms with Crippen molar-refractivity contribution in [3.8, 4) is 11.4 Å². The molecule has 1 amide bonds. The van der Waals surface area contributed by atoms with Gasteiger partial charge in [0.15, 0.2) is 11.5 Å². The summed E-state index contributed by atoms with van der Waals surface area (Å²) < 4.78 is 1.55. The number of rotatable bonds is 3. The molecule has 4 rings (SSSR count). The summed E-state index contributed by atoms with van der Waals surface area (Å²) in [7, 11) is 0. The second-order valence-corrected chi connectivity index (χ2v) is 6.23. The number of nitrogens with zero attached hydrogens (tertiary/aromatic N) is 4. The Morgan fingerprint density at radius 3 is 2.88 bits per heavy atom. The van der Waals surface area contributed by atoms with Crippen LogP contribution in [0, 0.1) is 0 Å². The standard InChI is InChI=1S/C18H19N5O2/c19-15-9-13(18(25)22-8-4-7-14(22)11-24)10-23-17(15)20-16(21-23)12-5-2-1-3-6-12/h1-3,5-6,9-10,14,24H,4,7-8,11,19H2. The molecule has 3 aromatic rings. The summed E-state index contributed by atoms with van der Waals surface area (Å²) in [6.07, 6.45) is 3.37. The normalized spacial score (nSPS) is 17.3. The van der Waals surface area contributed by atoms with Gasteiger partial charge >= 0.3 is 0 Å². The predicted octanol–water partition coefficient (Wildman–Crippen LogP) is 1.58. The molecule has 1 atom stereocenters. The van der Waals surface area contributed by atoms with E-state index in [1.165, 1.54) is 0 Å². The summed E-state index contributed by atoms with van der Waals surface area (Å²) in [4.78, 5) is 19.0. The third kappa shape index (κ3) is 2.72. The summed E-state index contributed by atoms with van der Waals surface area (Å²) >= 11 is 0. The van der Waals surface area contributed by atoms with Crippen LogP contribution in [0.1, 0.15) is 23.2 Å². The van der Waals surface area contributed by atoms with Crippen molar-refractivity contribution in [3.63, 3.8) is 0 Å². The highest BCUT2D eigenvalue weighted by Gasteiger charge is 2.29. The molecule has 1 saturated heterocycles. The third-order valence-electron chi connectivity index (χ3n) is 4.59. The molecule has 0 saturated carbocycles. The van der Waals surface area contributed by atoms with Crippen LogP contribution in [0.25, 0.3) is 17.0 Å². The largest absolute Gasteiger partial charge is 0.396 e. The zero-order valence-electron chi connectivity index (χ0n) is 13.7. The van der Waals surface area contributed by atoms with E-state index in [1.54, 1.807) is 21.7 Å². The summed E-state index contributed by atoms with van der Waals surface area (Å²) in [6, 6.07) is 11.1. The van der Waals surface area contributed by atoms with E-state index in [9.17, 15) is 9.90 Å². The van der Waals surface area contributed by atoms with Gasteiger partial charge in [0.05, 0.1) is 23.9 Å². The lowest BCUT2D eigenvalue weighted by Crippen LogP contribution is -2.37. The Balaban J connectivity index is 1.73. The highest BCUT2D eigenvalue weighted by atomic mass is 16.3. The van der Waals surface area contributed by atoms with Crippen LogP contribution in [-0.4, -0.2) is 49.7 Å². The number of fused-ring (bicyclic) bond motifs is 1. The molecule has 1 unspecified atom stereocenters. The van der Waals surface area contributed by atoms with Gasteiger partial charge in [0.1, 0.15) is 0 Å². The lowest BCUT2D eigenvalue weighted by Gasteiger charge is -2.23. The van der Waals surface area contributed by atoms with E-state index in [0.29, 0.717) is 29.3 Å². The molecule has 0 bridgehead atoms. The number of carbonyl (C=O) groups is 1. The van der Waals surface area contributed by atoms with E-state index >= 15 is 0 Å². The number of carbonyl (C=O) groups excluding carboxylic acids is 1. The van der Waals surface area contributed by atoms with Gasteiger partial charge < -0.3 is 15.7 Å². The second-order valence-electron chi connectivity index (χ2n) is 6.23. The predicted molar refractivity (Wildman–Crippen MR) is 94.0 cm³/mol. The number of benzene rings is 1. The van der Waals surface area contributed by atoms with Crippen LogP contribution in [0.2, 0.25) is 0 Å². The molecule has 0 aliphatic carbocycles. The summed E-state index contributed by atoms with van der Waals surface area (Å²) in [6.45, 7) is 0.625. The average molecular weight is 337 g/mol. The Morgan fingerprint density at radius 2 is 2.12 bits per heavy atom. The van der Waals surface area contributed by atoms with Crippen molar-refractivity contribution in [2.45, 2.75) is 18.9 Å². The van der Waals surface area contributed by atoms with Crippen LogP contribution < -0.4 is 5.73 Å². The van der Waals surface area contributed by atoms with Gasteiger partial charge in [-0.1, -0.05) is 30.3 Å². The van der Waals surface area contributed by atoms with Gasteiger partial charge in [-0.25, -0.2) is 9.50 Å². The fourth-order valence-electron chi connectivity index (χ4n) is 3.30. The maximum Gasteiger partial charge on any atom is 0.255 e. The maximum absolute atomic E-state index is 12.8. The molecule has 1 aliphatic heterocycles. The SMILES string of the molecule is Nc1cc(C(=O)N2CCCC2CO)cn2nc(-c3ccccc3)nc12. The van der Waals surface area contributed by atoms with Gasteiger partial charge in [0.25, 0.3) is 5.91 Å². The Hall–Kier alpha value is -2.93. The van der Waals surface area contributed by atoms with Crippen molar-refractivity contribution in [2.75, 3.05) is 18.9 Å². The molecule has 3 heterocycles. The summed E-state index contributed by atoms with van der Waals surface area (Å²) in [5.74, 6) is 0.424. The molecule has 7 nitrogen and oxygen atoms in total. The van der Waals surface area contributed by atoms with Crippen molar-refractivity contribution in [1.82, 2.24) is 19.5 Å². The monoisotopic (exact) mass is 337 g/mol. The minimum atomic E-state index is -0.137. The van der Waals surface area contributed by atoms with Crippen molar-refractivity contribution >= 4 is 17.2 Å². The molecular formula is C18H19N5O2. The first kappa shape index (κ1) is 15.6. The summed E-state index contributed by atoms with van der Waals surface area (Å²) in [5, 5.41) is 13.9. The number of anilines is 1. The van der Waals surface area contributed by atoms with Crippen LogP contribution in [0.4, 0.5) is 5.69 Å². The first-order valence-corrected chi connectivity index (χ1v) is 8.30. The van der Waals surface area contributed by atoms with E-state index < -0.39 is 0 Å². The zero-order valence-corrected chi connectivity index (χ0v) is 13.7. The molecule has 2 aromatic heterocycles. The Labute approximate surface area is 144 Å².